The Bertz CT molecular complexity index is 176. The Morgan fingerprint density at radius 3 is 2.58 bits per heavy atom. The second-order valence-electron chi connectivity index (χ2n) is 2.47. The average Bonchev–Trinajstić information content (AvgIpc) is 2.04. The van der Waals surface area contributed by atoms with E-state index in [1.807, 2.05) is 0 Å². The minimum atomic E-state index is -3.12. The molecule has 1 atom stereocenters. The maximum atomic E-state index is 12.6. The molecular weight excluding hydrogens is 173 g/mol. The largest absolute Gasteiger partial charge is 0.307 e. The molecule has 1 aliphatic rings. The van der Waals surface area contributed by atoms with Crippen molar-refractivity contribution in [2.24, 2.45) is 0 Å². The Morgan fingerprint density at radius 1 is 1.42 bits per heavy atom. The standard InChI is InChI=1S/C6H9F3N2O/c7-5(8)6(9)11-2-1-10-3-4(11)12/h5-6,10H,1-3H2. The highest BCUT2D eigenvalue weighted by Gasteiger charge is 2.31. The number of alkyl halides is 3. The van der Waals surface area contributed by atoms with E-state index in [0.717, 1.165) is 0 Å². The van der Waals surface area contributed by atoms with E-state index >= 15 is 0 Å². The summed E-state index contributed by atoms with van der Waals surface area (Å²) in [5.41, 5.74) is 0. The molecule has 0 radical (unpaired) electrons. The van der Waals surface area contributed by atoms with Gasteiger partial charge in [0.15, 0.2) is 0 Å². The first-order valence-electron chi connectivity index (χ1n) is 3.55. The van der Waals surface area contributed by atoms with Gasteiger partial charge in [-0.25, -0.2) is 13.2 Å². The summed E-state index contributed by atoms with van der Waals surface area (Å²) in [5.74, 6) is -0.617. The van der Waals surface area contributed by atoms with Gasteiger partial charge in [0.25, 0.3) is 6.43 Å². The van der Waals surface area contributed by atoms with Gasteiger partial charge in [-0.15, -0.1) is 0 Å². The molecule has 3 nitrogen and oxygen atoms in total. The van der Waals surface area contributed by atoms with Gasteiger partial charge in [-0.1, -0.05) is 0 Å². The molecular formula is C6H9F3N2O. The lowest BCUT2D eigenvalue weighted by atomic mass is 10.3. The molecule has 1 unspecified atom stereocenters. The SMILES string of the molecule is O=C1CNCCN1C(F)C(F)F. The van der Waals surface area contributed by atoms with E-state index in [1.54, 1.807) is 0 Å². The first-order chi connectivity index (χ1) is 5.63. The number of rotatable bonds is 2. The van der Waals surface area contributed by atoms with Crippen LogP contribution in [0, 0.1) is 0 Å². The van der Waals surface area contributed by atoms with E-state index < -0.39 is 18.6 Å². The molecule has 6 heteroatoms. The van der Waals surface area contributed by atoms with Gasteiger partial charge < -0.3 is 10.2 Å². The summed E-state index contributed by atoms with van der Waals surface area (Å²) in [6, 6.07) is 0. The molecule has 1 N–H and O–H groups in total. The Kier molecular flexibility index (Phi) is 2.91. The topological polar surface area (TPSA) is 32.3 Å². The van der Waals surface area contributed by atoms with E-state index in [0.29, 0.717) is 11.4 Å². The quantitative estimate of drug-likeness (QED) is 0.608. The molecule has 1 heterocycles. The fourth-order valence-corrected chi connectivity index (χ4v) is 1.02. The van der Waals surface area contributed by atoms with E-state index in [1.165, 1.54) is 0 Å². The van der Waals surface area contributed by atoms with E-state index in [-0.39, 0.29) is 13.1 Å². The first kappa shape index (κ1) is 9.31. The van der Waals surface area contributed by atoms with Crippen molar-refractivity contribution in [3.8, 4) is 0 Å². The van der Waals surface area contributed by atoms with Crippen molar-refractivity contribution in [2.45, 2.75) is 12.7 Å². The number of nitrogens with zero attached hydrogens (tertiary/aromatic N) is 1. The van der Waals surface area contributed by atoms with E-state index in [4.69, 9.17) is 0 Å². The number of piperazine rings is 1. The maximum Gasteiger partial charge on any atom is 0.287 e. The van der Waals surface area contributed by atoms with Crippen LogP contribution in [0.1, 0.15) is 0 Å². The highest BCUT2D eigenvalue weighted by atomic mass is 19.3. The van der Waals surface area contributed by atoms with Gasteiger partial charge in [0.1, 0.15) is 0 Å². The van der Waals surface area contributed by atoms with Crippen LogP contribution in [0.5, 0.6) is 0 Å². The Hall–Kier alpha value is -0.780. The number of hydrogen-bond acceptors (Lipinski definition) is 2. The number of hydrogen-bond donors (Lipinski definition) is 1. The summed E-state index contributed by atoms with van der Waals surface area (Å²) in [6.45, 7) is 0.302. The fraction of sp³-hybridized carbons (Fsp3) is 0.833. The fourth-order valence-electron chi connectivity index (χ4n) is 1.02. The van der Waals surface area contributed by atoms with Gasteiger partial charge in [0.2, 0.25) is 12.2 Å². The van der Waals surface area contributed by atoms with Gasteiger partial charge >= 0.3 is 0 Å². The van der Waals surface area contributed by atoms with Crippen LogP contribution >= 0.6 is 0 Å². The van der Waals surface area contributed by atoms with E-state index in [9.17, 15) is 18.0 Å². The predicted molar refractivity (Wildman–Crippen MR) is 35.5 cm³/mol. The Balaban J connectivity index is 2.53. The van der Waals surface area contributed by atoms with Crippen molar-refractivity contribution in [3.05, 3.63) is 0 Å². The minimum absolute atomic E-state index is 0.00431. The molecule has 1 rings (SSSR count). The third-order valence-electron chi connectivity index (χ3n) is 1.63. The Labute approximate surface area is 67.5 Å². The molecule has 1 amide bonds. The van der Waals surface area contributed by atoms with Crippen LogP contribution in [0.2, 0.25) is 0 Å². The van der Waals surface area contributed by atoms with Crippen molar-refractivity contribution in [1.29, 1.82) is 0 Å². The summed E-state index contributed by atoms with van der Waals surface area (Å²) >= 11 is 0. The lowest BCUT2D eigenvalue weighted by Gasteiger charge is -2.29. The van der Waals surface area contributed by atoms with Gasteiger partial charge in [-0.05, 0) is 0 Å². The molecule has 0 aromatic rings. The van der Waals surface area contributed by atoms with Crippen LogP contribution in [-0.2, 0) is 4.79 Å². The third-order valence-corrected chi connectivity index (χ3v) is 1.63. The number of halogens is 3. The second kappa shape index (κ2) is 3.75. The zero-order valence-electron chi connectivity index (χ0n) is 6.27. The highest BCUT2D eigenvalue weighted by Crippen LogP contribution is 2.12. The van der Waals surface area contributed by atoms with Gasteiger partial charge in [0, 0.05) is 13.1 Å². The number of carbonyl (C=O) groups is 1. The van der Waals surface area contributed by atoms with Crippen molar-refractivity contribution >= 4 is 5.91 Å². The van der Waals surface area contributed by atoms with Crippen molar-refractivity contribution in [2.75, 3.05) is 19.6 Å². The van der Waals surface area contributed by atoms with Gasteiger partial charge in [-0.3, -0.25) is 4.79 Å². The van der Waals surface area contributed by atoms with Crippen molar-refractivity contribution < 1.29 is 18.0 Å². The van der Waals surface area contributed by atoms with Crippen LogP contribution in [0.4, 0.5) is 13.2 Å². The van der Waals surface area contributed by atoms with Crippen LogP contribution in [0.3, 0.4) is 0 Å². The molecule has 1 fully saturated rings. The monoisotopic (exact) mass is 182 g/mol. The molecule has 70 valence electrons. The van der Waals surface area contributed by atoms with Crippen LogP contribution in [0.15, 0.2) is 0 Å². The third kappa shape index (κ3) is 1.88. The van der Waals surface area contributed by atoms with Gasteiger partial charge in [-0.2, -0.15) is 0 Å². The first-order valence-corrected chi connectivity index (χ1v) is 3.55. The van der Waals surface area contributed by atoms with Crippen LogP contribution in [0.25, 0.3) is 0 Å². The number of amides is 1. The summed E-state index contributed by atoms with van der Waals surface area (Å²) in [4.78, 5) is 11.4. The molecule has 0 bridgehead atoms. The molecule has 0 saturated carbocycles. The molecule has 1 saturated heterocycles. The summed E-state index contributed by atoms with van der Waals surface area (Å²) in [6.07, 6.45) is -5.58. The minimum Gasteiger partial charge on any atom is -0.307 e. The molecule has 0 aromatic carbocycles. The van der Waals surface area contributed by atoms with E-state index in [2.05, 4.69) is 5.32 Å². The lowest BCUT2D eigenvalue weighted by molar-refractivity contribution is -0.145. The zero-order chi connectivity index (χ0) is 9.14. The maximum absolute atomic E-state index is 12.6. The lowest BCUT2D eigenvalue weighted by Crippen LogP contribution is -2.53. The zero-order valence-corrected chi connectivity index (χ0v) is 6.27. The van der Waals surface area contributed by atoms with Crippen molar-refractivity contribution in [3.63, 3.8) is 0 Å². The van der Waals surface area contributed by atoms with Crippen LogP contribution in [-0.4, -0.2) is 43.2 Å². The van der Waals surface area contributed by atoms with Crippen molar-refractivity contribution in [1.82, 2.24) is 10.2 Å². The number of nitrogens with one attached hydrogen (secondary N) is 1. The van der Waals surface area contributed by atoms with Crippen LogP contribution < -0.4 is 5.32 Å². The second-order valence-corrected chi connectivity index (χ2v) is 2.47. The van der Waals surface area contributed by atoms with Gasteiger partial charge in [0.05, 0.1) is 6.54 Å². The molecule has 0 aromatic heterocycles. The smallest absolute Gasteiger partial charge is 0.287 e. The average molecular weight is 182 g/mol. The summed E-state index contributed by atoms with van der Waals surface area (Å²) in [5, 5.41) is 2.66. The summed E-state index contributed by atoms with van der Waals surface area (Å²) < 4.78 is 36.2. The molecule has 0 spiro atoms. The molecule has 1 aliphatic heterocycles. The normalized spacial score (nSPS) is 21.7. The molecule has 12 heavy (non-hydrogen) atoms. The highest BCUT2D eigenvalue weighted by molar-refractivity contribution is 5.79. The number of carbonyl (C=O) groups excluding carboxylic acids is 1. The predicted octanol–water partition coefficient (Wildman–Crippen LogP) is -0.0211. The molecule has 0 aliphatic carbocycles. The summed E-state index contributed by atoms with van der Waals surface area (Å²) in [7, 11) is 0. The Morgan fingerprint density at radius 2 is 2.08 bits per heavy atom.